The average Bonchev–Trinajstić information content (AvgIpc) is 2.53. The first kappa shape index (κ1) is 16.1. The van der Waals surface area contributed by atoms with Crippen LogP contribution in [0.2, 0.25) is 0 Å². The summed E-state index contributed by atoms with van der Waals surface area (Å²) in [5, 5.41) is 9.37. The summed E-state index contributed by atoms with van der Waals surface area (Å²) in [6.07, 6.45) is 6.76. The van der Waals surface area contributed by atoms with Gasteiger partial charge >= 0.3 is 5.97 Å². The van der Waals surface area contributed by atoms with Crippen LogP contribution in [-0.2, 0) is 27.3 Å². The Bertz CT molecular complexity index is 591. The second-order valence-corrected chi connectivity index (χ2v) is 5.21. The highest BCUT2D eigenvalue weighted by molar-refractivity contribution is 5.85. The molecule has 2 rings (SSSR count). The third kappa shape index (κ3) is 3.86. The number of carbonyl (C=O) groups is 2. The van der Waals surface area contributed by atoms with Gasteiger partial charge in [-0.3, -0.25) is 4.79 Å². The normalized spacial score (nSPS) is 16.7. The van der Waals surface area contributed by atoms with E-state index in [1.54, 1.807) is 0 Å². The molecule has 1 aromatic rings. The second kappa shape index (κ2) is 7.62. The highest BCUT2D eigenvalue weighted by Gasteiger charge is 2.34. The molecule has 0 fully saturated rings. The highest BCUT2D eigenvalue weighted by atomic mass is 16.5. The zero-order chi connectivity index (χ0) is 15.9. The van der Waals surface area contributed by atoms with Gasteiger partial charge in [-0.05, 0) is 17.5 Å². The number of terminal acetylenes is 1. The quantitative estimate of drug-likeness (QED) is 0.638. The Balaban J connectivity index is 2.00. The number of carboxylic acids is 1. The molecule has 116 valence electrons. The van der Waals surface area contributed by atoms with Crippen molar-refractivity contribution in [2.45, 2.75) is 31.8 Å². The molecule has 1 N–H and O–H groups in total. The molecule has 0 aromatic heterocycles. The van der Waals surface area contributed by atoms with Gasteiger partial charge in [-0.25, -0.2) is 4.79 Å². The van der Waals surface area contributed by atoms with E-state index in [9.17, 15) is 14.7 Å². The second-order valence-electron chi connectivity index (χ2n) is 5.21. The minimum absolute atomic E-state index is 0.115. The van der Waals surface area contributed by atoms with Gasteiger partial charge in [0.05, 0.1) is 0 Å². The summed E-state index contributed by atoms with van der Waals surface area (Å²) in [7, 11) is 0. The van der Waals surface area contributed by atoms with Crippen LogP contribution in [-0.4, -0.2) is 41.1 Å². The monoisotopic (exact) mass is 301 g/mol. The molecule has 0 aliphatic carbocycles. The summed E-state index contributed by atoms with van der Waals surface area (Å²) in [6, 6.07) is 6.75. The number of carboxylic acid groups (broad SMARTS) is 1. The number of nitrogens with zero attached hydrogens (tertiary/aromatic N) is 1. The summed E-state index contributed by atoms with van der Waals surface area (Å²) in [5.41, 5.74) is 1.97. The number of ether oxygens (including phenoxy) is 1. The minimum atomic E-state index is -0.991. The molecule has 5 heteroatoms. The van der Waals surface area contributed by atoms with Crippen molar-refractivity contribution in [2.24, 2.45) is 0 Å². The Morgan fingerprint density at radius 2 is 2.09 bits per heavy atom. The summed E-state index contributed by atoms with van der Waals surface area (Å²) >= 11 is 0. The van der Waals surface area contributed by atoms with E-state index in [0.717, 1.165) is 11.1 Å². The van der Waals surface area contributed by atoms with Gasteiger partial charge in [0.2, 0.25) is 5.91 Å². The van der Waals surface area contributed by atoms with Crippen LogP contribution in [0, 0.1) is 12.3 Å². The molecule has 1 aliphatic heterocycles. The molecular weight excluding hydrogens is 282 g/mol. The maximum atomic E-state index is 12.3. The lowest BCUT2D eigenvalue weighted by Crippen LogP contribution is -2.49. The molecule has 22 heavy (non-hydrogen) atoms. The number of carbonyl (C=O) groups excluding carboxylic acids is 1. The molecule has 1 aliphatic rings. The lowest BCUT2D eigenvalue weighted by molar-refractivity contribution is -0.153. The van der Waals surface area contributed by atoms with Crippen molar-refractivity contribution in [3.05, 3.63) is 35.4 Å². The topological polar surface area (TPSA) is 66.8 Å². The van der Waals surface area contributed by atoms with Gasteiger partial charge < -0.3 is 14.7 Å². The van der Waals surface area contributed by atoms with E-state index in [0.29, 0.717) is 32.4 Å². The molecule has 0 saturated carbocycles. The van der Waals surface area contributed by atoms with Crippen molar-refractivity contribution >= 4 is 11.9 Å². The minimum Gasteiger partial charge on any atom is -0.480 e. The van der Waals surface area contributed by atoms with Crippen molar-refractivity contribution in [3.8, 4) is 12.3 Å². The Morgan fingerprint density at radius 1 is 1.36 bits per heavy atom. The Hall–Kier alpha value is -2.32. The Labute approximate surface area is 129 Å². The first-order chi connectivity index (χ1) is 10.6. The Morgan fingerprint density at radius 3 is 2.77 bits per heavy atom. The van der Waals surface area contributed by atoms with Crippen LogP contribution < -0.4 is 0 Å². The third-order valence-electron chi connectivity index (χ3n) is 3.69. The smallest absolute Gasteiger partial charge is 0.326 e. The molecule has 1 aromatic carbocycles. The molecular formula is C17H19NO4. The lowest BCUT2D eigenvalue weighted by atomic mass is 9.94. The van der Waals surface area contributed by atoms with Crippen LogP contribution in [0.4, 0.5) is 0 Å². The van der Waals surface area contributed by atoms with Gasteiger partial charge in [-0.1, -0.05) is 24.3 Å². The molecule has 1 unspecified atom stereocenters. The van der Waals surface area contributed by atoms with Crippen molar-refractivity contribution < 1.29 is 19.4 Å². The van der Waals surface area contributed by atoms with E-state index >= 15 is 0 Å². The Kier molecular flexibility index (Phi) is 5.56. The van der Waals surface area contributed by atoms with E-state index in [1.165, 1.54) is 4.90 Å². The van der Waals surface area contributed by atoms with Gasteiger partial charge in [0.25, 0.3) is 0 Å². The number of hydrogen-bond donors (Lipinski definition) is 1. The van der Waals surface area contributed by atoms with Crippen LogP contribution in [0.25, 0.3) is 0 Å². The summed E-state index contributed by atoms with van der Waals surface area (Å²) < 4.78 is 5.29. The highest BCUT2D eigenvalue weighted by Crippen LogP contribution is 2.23. The standard InChI is InChI=1S/C17H19NO4/c1-2-3-6-9-22-12-16(19)18-11-14-8-5-4-7-13(14)10-15(18)17(20)21/h1,4-5,7-8,15H,3,6,9-12H2,(H,20,21). The van der Waals surface area contributed by atoms with Crippen LogP contribution in [0.3, 0.4) is 0 Å². The van der Waals surface area contributed by atoms with Gasteiger partial charge in [0.15, 0.2) is 0 Å². The van der Waals surface area contributed by atoms with Crippen LogP contribution in [0.5, 0.6) is 0 Å². The number of fused-ring (bicyclic) bond motifs is 1. The summed E-state index contributed by atoms with van der Waals surface area (Å²) in [5.74, 6) is 1.21. The van der Waals surface area contributed by atoms with Crippen LogP contribution in [0.15, 0.2) is 24.3 Å². The van der Waals surface area contributed by atoms with Gasteiger partial charge in [0.1, 0.15) is 12.6 Å². The molecule has 0 radical (unpaired) electrons. The average molecular weight is 301 g/mol. The fourth-order valence-corrected chi connectivity index (χ4v) is 2.52. The zero-order valence-corrected chi connectivity index (χ0v) is 12.3. The predicted molar refractivity (Wildman–Crippen MR) is 81.0 cm³/mol. The van der Waals surface area contributed by atoms with E-state index in [1.807, 2.05) is 24.3 Å². The number of amides is 1. The molecule has 1 amide bonds. The molecule has 0 saturated heterocycles. The SMILES string of the molecule is C#CCCCOCC(=O)N1Cc2ccccc2CC1C(=O)O. The van der Waals surface area contributed by atoms with E-state index < -0.39 is 12.0 Å². The fraction of sp³-hybridized carbons (Fsp3) is 0.412. The first-order valence-electron chi connectivity index (χ1n) is 7.23. The van der Waals surface area contributed by atoms with E-state index in [-0.39, 0.29) is 12.5 Å². The van der Waals surface area contributed by atoms with Crippen LogP contribution in [0.1, 0.15) is 24.0 Å². The summed E-state index contributed by atoms with van der Waals surface area (Å²) in [6.45, 7) is 0.592. The zero-order valence-electron chi connectivity index (χ0n) is 12.3. The predicted octanol–water partition coefficient (Wildman–Crippen LogP) is 1.45. The number of benzene rings is 1. The van der Waals surface area contributed by atoms with Crippen molar-refractivity contribution in [2.75, 3.05) is 13.2 Å². The van der Waals surface area contributed by atoms with Crippen molar-refractivity contribution in [1.82, 2.24) is 4.90 Å². The van der Waals surface area contributed by atoms with Crippen molar-refractivity contribution in [3.63, 3.8) is 0 Å². The maximum absolute atomic E-state index is 12.3. The number of hydrogen-bond acceptors (Lipinski definition) is 3. The van der Waals surface area contributed by atoms with Crippen molar-refractivity contribution in [1.29, 1.82) is 0 Å². The molecule has 0 bridgehead atoms. The van der Waals surface area contributed by atoms with E-state index in [2.05, 4.69) is 5.92 Å². The third-order valence-corrected chi connectivity index (χ3v) is 3.69. The number of rotatable bonds is 6. The first-order valence-corrected chi connectivity index (χ1v) is 7.23. The number of unbranched alkanes of at least 4 members (excludes halogenated alkanes) is 1. The maximum Gasteiger partial charge on any atom is 0.326 e. The fourth-order valence-electron chi connectivity index (χ4n) is 2.52. The largest absolute Gasteiger partial charge is 0.480 e. The van der Waals surface area contributed by atoms with Gasteiger partial charge in [0, 0.05) is 26.0 Å². The summed E-state index contributed by atoms with van der Waals surface area (Å²) in [4.78, 5) is 25.1. The molecule has 1 heterocycles. The molecule has 5 nitrogen and oxygen atoms in total. The van der Waals surface area contributed by atoms with Gasteiger partial charge in [-0.2, -0.15) is 0 Å². The van der Waals surface area contributed by atoms with E-state index in [4.69, 9.17) is 11.2 Å². The molecule has 0 spiro atoms. The van der Waals surface area contributed by atoms with Gasteiger partial charge in [-0.15, -0.1) is 12.3 Å². The van der Waals surface area contributed by atoms with Crippen LogP contribution >= 0.6 is 0 Å². The molecule has 1 atom stereocenters. The number of aliphatic carboxylic acids is 1. The lowest BCUT2D eigenvalue weighted by Gasteiger charge is -2.34.